The molecule has 0 bridgehead atoms. The highest BCUT2D eigenvalue weighted by Gasteiger charge is 2.07. The number of halogens is 3. The van der Waals surface area contributed by atoms with Crippen molar-refractivity contribution in [2.45, 2.75) is 25.7 Å². The standard InChI is InChI=1S/C30H23F3/c1-2-3-4-21-5-10-24(29(32)18-21)12-7-23-8-13-25(30(33)19-23)11-6-22-9-14-27-20-28(31)16-15-26(27)17-22/h2,5,8-10,13-20H,1,3-4,7,12H2. The second-order valence-electron chi connectivity index (χ2n) is 8.02. The summed E-state index contributed by atoms with van der Waals surface area (Å²) in [6.07, 6.45) is 4.43. The minimum atomic E-state index is -0.400. The third-order valence-electron chi connectivity index (χ3n) is 5.61. The monoisotopic (exact) mass is 440 g/mol. The maximum atomic E-state index is 14.6. The second-order valence-corrected chi connectivity index (χ2v) is 8.02. The maximum absolute atomic E-state index is 14.6. The highest BCUT2D eigenvalue weighted by Crippen LogP contribution is 2.19. The van der Waals surface area contributed by atoms with Gasteiger partial charge in [0.2, 0.25) is 0 Å². The molecule has 0 radical (unpaired) electrons. The van der Waals surface area contributed by atoms with Crippen LogP contribution in [0, 0.1) is 29.3 Å². The van der Waals surface area contributed by atoms with Crippen molar-refractivity contribution in [1.29, 1.82) is 0 Å². The predicted octanol–water partition coefficient (Wildman–Crippen LogP) is 7.56. The van der Waals surface area contributed by atoms with Gasteiger partial charge in [-0.15, -0.1) is 6.58 Å². The van der Waals surface area contributed by atoms with Crippen LogP contribution in [-0.2, 0) is 19.3 Å². The summed E-state index contributed by atoms with van der Waals surface area (Å²) in [7, 11) is 0. The first kappa shape index (κ1) is 22.4. The van der Waals surface area contributed by atoms with E-state index in [1.807, 2.05) is 30.3 Å². The average molecular weight is 441 g/mol. The minimum Gasteiger partial charge on any atom is -0.207 e. The predicted molar refractivity (Wildman–Crippen MR) is 129 cm³/mol. The van der Waals surface area contributed by atoms with E-state index in [0.29, 0.717) is 24.0 Å². The molecule has 0 saturated heterocycles. The number of rotatable bonds is 6. The van der Waals surface area contributed by atoms with E-state index in [1.165, 1.54) is 18.2 Å². The summed E-state index contributed by atoms with van der Waals surface area (Å²) in [5.74, 6) is 4.94. The zero-order chi connectivity index (χ0) is 23.2. The second kappa shape index (κ2) is 10.2. The fourth-order valence-electron chi connectivity index (χ4n) is 3.75. The lowest BCUT2D eigenvalue weighted by Crippen LogP contribution is -1.98. The average Bonchev–Trinajstić information content (AvgIpc) is 2.81. The number of hydrogen-bond donors (Lipinski definition) is 0. The van der Waals surface area contributed by atoms with Crippen molar-refractivity contribution in [2.75, 3.05) is 0 Å². The number of hydrogen-bond acceptors (Lipinski definition) is 0. The van der Waals surface area contributed by atoms with Crippen LogP contribution in [0.15, 0.2) is 85.5 Å². The van der Waals surface area contributed by atoms with Crippen LogP contribution in [0.3, 0.4) is 0 Å². The quantitative estimate of drug-likeness (QED) is 0.214. The van der Waals surface area contributed by atoms with Gasteiger partial charge in [-0.2, -0.15) is 0 Å². The number of benzene rings is 4. The van der Waals surface area contributed by atoms with Crippen LogP contribution in [-0.4, -0.2) is 0 Å². The molecule has 0 fully saturated rings. The van der Waals surface area contributed by atoms with Crippen molar-refractivity contribution < 1.29 is 13.2 Å². The minimum absolute atomic E-state index is 0.224. The molecule has 0 aliphatic carbocycles. The zero-order valence-electron chi connectivity index (χ0n) is 18.2. The molecule has 0 unspecified atom stereocenters. The molecule has 33 heavy (non-hydrogen) atoms. The summed E-state index contributed by atoms with van der Waals surface area (Å²) >= 11 is 0. The molecule has 4 aromatic carbocycles. The van der Waals surface area contributed by atoms with Crippen LogP contribution in [0.4, 0.5) is 13.2 Å². The Balaban J connectivity index is 1.44. The lowest BCUT2D eigenvalue weighted by molar-refractivity contribution is 0.605. The summed E-state index contributed by atoms with van der Waals surface area (Å²) in [4.78, 5) is 0. The van der Waals surface area contributed by atoms with Crippen LogP contribution in [0.1, 0.15) is 34.2 Å². The molecule has 3 heteroatoms. The first-order valence-electron chi connectivity index (χ1n) is 10.9. The Kier molecular flexibility index (Phi) is 6.95. The van der Waals surface area contributed by atoms with E-state index in [-0.39, 0.29) is 11.6 Å². The fourth-order valence-corrected chi connectivity index (χ4v) is 3.75. The van der Waals surface area contributed by atoms with Crippen LogP contribution in [0.2, 0.25) is 0 Å². The van der Waals surface area contributed by atoms with Crippen LogP contribution in [0.5, 0.6) is 0 Å². The van der Waals surface area contributed by atoms with Crippen molar-refractivity contribution in [3.8, 4) is 11.8 Å². The van der Waals surface area contributed by atoms with E-state index >= 15 is 0 Å². The van der Waals surface area contributed by atoms with Gasteiger partial charge in [0, 0.05) is 5.56 Å². The van der Waals surface area contributed by atoms with Gasteiger partial charge in [0.15, 0.2) is 0 Å². The highest BCUT2D eigenvalue weighted by atomic mass is 19.1. The molecule has 0 saturated carbocycles. The molecule has 4 rings (SSSR count). The topological polar surface area (TPSA) is 0 Å². The molecule has 0 atom stereocenters. The Morgan fingerprint density at radius 2 is 1.39 bits per heavy atom. The van der Waals surface area contributed by atoms with E-state index in [0.717, 1.165) is 40.3 Å². The van der Waals surface area contributed by atoms with Gasteiger partial charge in [-0.3, -0.25) is 0 Å². The molecule has 0 N–H and O–H groups in total. The molecule has 164 valence electrons. The molecule has 0 nitrogen and oxygen atoms in total. The molecular weight excluding hydrogens is 417 g/mol. The van der Waals surface area contributed by atoms with Gasteiger partial charge in [-0.25, -0.2) is 13.2 Å². The van der Waals surface area contributed by atoms with Gasteiger partial charge < -0.3 is 0 Å². The summed E-state index contributed by atoms with van der Waals surface area (Å²) in [5.41, 5.74) is 3.39. The Morgan fingerprint density at radius 3 is 2.18 bits per heavy atom. The molecule has 0 spiro atoms. The Hall–Kier alpha value is -3.77. The lowest BCUT2D eigenvalue weighted by Gasteiger charge is -2.07. The summed E-state index contributed by atoms with van der Waals surface area (Å²) < 4.78 is 42.3. The number of allylic oxidation sites excluding steroid dienone is 1. The fraction of sp³-hybridized carbons (Fsp3) is 0.133. The third kappa shape index (κ3) is 5.73. The van der Waals surface area contributed by atoms with Crippen molar-refractivity contribution >= 4 is 10.8 Å². The Labute approximate surface area is 192 Å². The number of aryl methyl sites for hydroxylation is 3. The summed E-state index contributed by atoms with van der Waals surface area (Å²) in [6.45, 7) is 3.69. The highest BCUT2D eigenvalue weighted by molar-refractivity contribution is 5.84. The molecule has 0 amide bonds. The van der Waals surface area contributed by atoms with E-state index < -0.39 is 5.82 Å². The molecule has 0 aliphatic heterocycles. The van der Waals surface area contributed by atoms with Gasteiger partial charge in [-0.1, -0.05) is 48.2 Å². The smallest absolute Gasteiger partial charge is 0.139 e. The van der Waals surface area contributed by atoms with E-state index in [1.54, 1.807) is 30.3 Å². The van der Waals surface area contributed by atoms with E-state index in [9.17, 15) is 13.2 Å². The molecule has 0 aliphatic rings. The Bertz CT molecular complexity index is 1370. The molecule has 4 aromatic rings. The maximum Gasteiger partial charge on any atom is 0.139 e. The normalized spacial score (nSPS) is 10.6. The van der Waals surface area contributed by atoms with Crippen LogP contribution < -0.4 is 0 Å². The van der Waals surface area contributed by atoms with Crippen LogP contribution in [0.25, 0.3) is 10.8 Å². The lowest BCUT2D eigenvalue weighted by atomic mass is 10.00. The Morgan fingerprint density at radius 1 is 0.667 bits per heavy atom. The van der Waals surface area contributed by atoms with Crippen molar-refractivity contribution in [3.63, 3.8) is 0 Å². The van der Waals surface area contributed by atoms with Crippen molar-refractivity contribution in [3.05, 3.63) is 131 Å². The van der Waals surface area contributed by atoms with Crippen molar-refractivity contribution in [2.24, 2.45) is 0 Å². The van der Waals surface area contributed by atoms with Gasteiger partial charge in [0.05, 0.1) is 5.56 Å². The van der Waals surface area contributed by atoms with E-state index in [2.05, 4.69) is 18.4 Å². The van der Waals surface area contributed by atoms with Gasteiger partial charge >= 0.3 is 0 Å². The molecule has 0 aromatic heterocycles. The first-order valence-corrected chi connectivity index (χ1v) is 10.9. The van der Waals surface area contributed by atoms with Crippen molar-refractivity contribution in [1.82, 2.24) is 0 Å². The third-order valence-corrected chi connectivity index (χ3v) is 5.61. The first-order chi connectivity index (χ1) is 16.0. The van der Waals surface area contributed by atoms with Gasteiger partial charge in [0.1, 0.15) is 17.5 Å². The van der Waals surface area contributed by atoms with Gasteiger partial charge in [-0.05, 0) is 95.6 Å². The molecule has 0 heterocycles. The largest absolute Gasteiger partial charge is 0.207 e. The molecular formula is C30H23F3. The SMILES string of the molecule is C=CCCc1ccc(CCc2ccc(C#Cc3ccc4cc(F)ccc4c3)c(F)c2)c(F)c1. The van der Waals surface area contributed by atoms with Crippen LogP contribution >= 0.6 is 0 Å². The summed E-state index contributed by atoms with van der Waals surface area (Å²) in [5, 5.41) is 1.67. The number of fused-ring (bicyclic) bond motifs is 1. The summed E-state index contributed by atoms with van der Waals surface area (Å²) in [6, 6.07) is 20.3. The zero-order valence-corrected chi connectivity index (χ0v) is 18.2. The van der Waals surface area contributed by atoms with Gasteiger partial charge in [0.25, 0.3) is 0 Å². The van der Waals surface area contributed by atoms with E-state index in [4.69, 9.17) is 0 Å².